The number of hydrogen-bond acceptors (Lipinski definition) is 9. The summed E-state index contributed by atoms with van der Waals surface area (Å²) in [6.45, 7) is 6.66. The van der Waals surface area contributed by atoms with E-state index < -0.39 is 0 Å². The Morgan fingerprint density at radius 1 is 1.24 bits per heavy atom. The van der Waals surface area contributed by atoms with Crippen LogP contribution in [0.2, 0.25) is 0 Å². The largest absolute Gasteiger partial charge is 0.350 e. The van der Waals surface area contributed by atoms with Gasteiger partial charge in [0.15, 0.2) is 21.3 Å². The third-order valence-electron chi connectivity index (χ3n) is 5.80. The first kappa shape index (κ1) is 22.2. The number of carbonyl (C=O) groups excluding carboxylic acids is 1. The summed E-state index contributed by atoms with van der Waals surface area (Å²) in [7, 11) is 0. The summed E-state index contributed by atoms with van der Waals surface area (Å²) in [5.74, 6) is 0.933. The van der Waals surface area contributed by atoms with Crippen LogP contribution in [-0.2, 0) is 11.3 Å². The van der Waals surface area contributed by atoms with E-state index in [2.05, 4.69) is 25.4 Å². The zero-order chi connectivity index (χ0) is 23.8. The van der Waals surface area contributed by atoms with Crippen LogP contribution in [-0.4, -0.2) is 43.2 Å². The number of anilines is 1. The lowest BCUT2D eigenvalue weighted by Gasteiger charge is -2.23. The van der Waals surface area contributed by atoms with Crippen molar-refractivity contribution in [1.82, 2.24) is 30.0 Å². The SMILES string of the molecule is Cc1noc(-c2nc3sc(N4CCCC4C(=O)NCc4ccccc4)nc3c(=O)n2C(C)C)n1. The molecule has 1 unspecified atom stereocenters. The van der Waals surface area contributed by atoms with Crippen LogP contribution in [0.25, 0.3) is 22.1 Å². The van der Waals surface area contributed by atoms with Crippen molar-refractivity contribution in [1.29, 1.82) is 0 Å². The maximum atomic E-state index is 13.4. The molecule has 0 aliphatic carbocycles. The molecule has 1 saturated heterocycles. The smallest absolute Gasteiger partial charge is 0.294 e. The molecule has 11 heteroatoms. The highest BCUT2D eigenvalue weighted by atomic mass is 32.1. The van der Waals surface area contributed by atoms with Gasteiger partial charge in [-0.25, -0.2) is 9.97 Å². The lowest BCUT2D eigenvalue weighted by Crippen LogP contribution is -2.43. The molecule has 0 spiro atoms. The molecular formula is C23H25N7O3S. The molecule has 34 heavy (non-hydrogen) atoms. The third kappa shape index (κ3) is 4.07. The molecule has 1 amide bonds. The van der Waals surface area contributed by atoms with Gasteiger partial charge in [-0.3, -0.25) is 14.2 Å². The fraction of sp³-hybridized carbons (Fsp3) is 0.391. The highest BCUT2D eigenvalue weighted by Gasteiger charge is 2.33. The molecule has 0 bridgehead atoms. The van der Waals surface area contributed by atoms with Gasteiger partial charge in [-0.15, -0.1) is 0 Å². The van der Waals surface area contributed by atoms with Crippen LogP contribution in [0.4, 0.5) is 5.13 Å². The van der Waals surface area contributed by atoms with Crippen molar-refractivity contribution in [3.8, 4) is 11.7 Å². The summed E-state index contributed by atoms with van der Waals surface area (Å²) in [6.07, 6.45) is 1.60. The summed E-state index contributed by atoms with van der Waals surface area (Å²) in [4.78, 5) is 42.4. The molecule has 0 radical (unpaired) electrons. The van der Waals surface area contributed by atoms with Crippen molar-refractivity contribution in [2.24, 2.45) is 0 Å². The molecule has 10 nitrogen and oxygen atoms in total. The normalized spacial score (nSPS) is 16.0. The molecule has 1 aromatic carbocycles. The zero-order valence-electron chi connectivity index (χ0n) is 19.2. The van der Waals surface area contributed by atoms with Gasteiger partial charge in [0.1, 0.15) is 6.04 Å². The first-order valence-corrected chi connectivity index (χ1v) is 12.1. The molecule has 4 aromatic rings. The molecule has 1 aliphatic heterocycles. The predicted molar refractivity (Wildman–Crippen MR) is 129 cm³/mol. The molecule has 0 saturated carbocycles. The number of aromatic nitrogens is 5. The number of amides is 1. The van der Waals surface area contributed by atoms with Gasteiger partial charge in [-0.1, -0.05) is 46.8 Å². The number of hydrogen-bond donors (Lipinski definition) is 1. The Bertz CT molecular complexity index is 1390. The summed E-state index contributed by atoms with van der Waals surface area (Å²) in [6, 6.07) is 9.29. The van der Waals surface area contributed by atoms with Crippen molar-refractivity contribution in [3.63, 3.8) is 0 Å². The first-order chi connectivity index (χ1) is 16.4. The van der Waals surface area contributed by atoms with E-state index in [1.54, 1.807) is 6.92 Å². The predicted octanol–water partition coefficient (Wildman–Crippen LogP) is 3.08. The lowest BCUT2D eigenvalue weighted by molar-refractivity contribution is -0.122. The molecule has 1 atom stereocenters. The fourth-order valence-electron chi connectivity index (χ4n) is 4.19. The summed E-state index contributed by atoms with van der Waals surface area (Å²) >= 11 is 1.30. The maximum absolute atomic E-state index is 13.4. The zero-order valence-corrected chi connectivity index (χ0v) is 20.0. The van der Waals surface area contributed by atoms with Crippen molar-refractivity contribution >= 4 is 32.7 Å². The Hall–Kier alpha value is -3.60. The van der Waals surface area contributed by atoms with Gasteiger partial charge < -0.3 is 14.7 Å². The maximum Gasteiger partial charge on any atom is 0.294 e. The van der Waals surface area contributed by atoms with Gasteiger partial charge in [0.05, 0.1) is 0 Å². The number of rotatable bonds is 6. The van der Waals surface area contributed by atoms with E-state index in [0.29, 0.717) is 34.7 Å². The number of benzene rings is 1. The Morgan fingerprint density at radius 2 is 2.03 bits per heavy atom. The van der Waals surface area contributed by atoms with E-state index >= 15 is 0 Å². The van der Waals surface area contributed by atoms with Gasteiger partial charge in [0, 0.05) is 19.1 Å². The Balaban J connectivity index is 1.47. The minimum absolute atomic E-state index is 0.0461. The number of fused-ring (bicyclic) bond motifs is 1. The third-order valence-corrected chi connectivity index (χ3v) is 6.79. The molecule has 1 N–H and O–H groups in total. The number of carbonyl (C=O) groups is 1. The molecule has 5 rings (SSSR count). The monoisotopic (exact) mass is 479 g/mol. The van der Waals surface area contributed by atoms with E-state index in [4.69, 9.17) is 4.52 Å². The van der Waals surface area contributed by atoms with Crippen LogP contribution >= 0.6 is 11.3 Å². The second kappa shape index (κ2) is 8.98. The Kier molecular flexibility index (Phi) is 5.86. The summed E-state index contributed by atoms with van der Waals surface area (Å²) in [5, 5.41) is 7.48. The number of nitrogens with zero attached hydrogens (tertiary/aromatic N) is 6. The fourth-order valence-corrected chi connectivity index (χ4v) is 5.20. The van der Waals surface area contributed by atoms with Gasteiger partial charge in [0.2, 0.25) is 11.7 Å². The second-order valence-electron chi connectivity index (χ2n) is 8.56. The van der Waals surface area contributed by atoms with Crippen LogP contribution in [0, 0.1) is 6.92 Å². The van der Waals surface area contributed by atoms with Crippen LogP contribution < -0.4 is 15.8 Å². The summed E-state index contributed by atoms with van der Waals surface area (Å²) < 4.78 is 6.82. The van der Waals surface area contributed by atoms with Gasteiger partial charge in [0.25, 0.3) is 11.4 Å². The molecule has 4 heterocycles. The molecular weight excluding hydrogens is 454 g/mol. The summed E-state index contributed by atoms with van der Waals surface area (Å²) in [5.41, 5.74) is 1.06. The van der Waals surface area contributed by atoms with Crippen LogP contribution in [0.15, 0.2) is 39.6 Å². The van der Waals surface area contributed by atoms with Crippen molar-refractivity contribution in [2.45, 2.75) is 52.2 Å². The van der Waals surface area contributed by atoms with Gasteiger partial charge in [-0.05, 0) is 39.2 Å². The first-order valence-electron chi connectivity index (χ1n) is 11.2. The average molecular weight is 480 g/mol. The van der Waals surface area contributed by atoms with E-state index in [1.165, 1.54) is 15.9 Å². The van der Waals surface area contributed by atoms with Crippen molar-refractivity contribution in [3.05, 3.63) is 52.1 Å². The minimum Gasteiger partial charge on any atom is -0.350 e. The highest BCUT2D eigenvalue weighted by Crippen LogP contribution is 2.33. The van der Waals surface area contributed by atoms with Crippen molar-refractivity contribution < 1.29 is 9.32 Å². The van der Waals surface area contributed by atoms with E-state index in [9.17, 15) is 9.59 Å². The molecule has 176 valence electrons. The molecule has 1 fully saturated rings. The van der Waals surface area contributed by atoms with Crippen LogP contribution in [0.5, 0.6) is 0 Å². The minimum atomic E-state index is -0.338. The van der Waals surface area contributed by atoms with E-state index in [1.807, 2.05) is 49.1 Å². The topological polar surface area (TPSA) is 119 Å². The Morgan fingerprint density at radius 3 is 2.74 bits per heavy atom. The second-order valence-corrected chi connectivity index (χ2v) is 9.51. The van der Waals surface area contributed by atoms with Crippen LogP contribution in [0.1, 0.15) is 44.1 Å². The Labute approximate surface area is 199 Å². The van der Waals surface area contributed by atoms with E-state index in [0.717, 1.165) is 18.4 Å². The number of aryl methyl sites for hydroxylation is 1. The highest BCUT2D eigenvalue weighted by molar-refractivity contribution is 7.21. The van der Waals surface area contributed by atoms with Gasteiger partial charge in [-0.2, -0.15) is 4.98 Å². The molecule has 3 aromatic heterocycles. The number of thiazole rings is 1. The lowest BCUT2D eigenvalue weighted by atomic mass is 10.2. The number of nitrogens with one attached hydrogen (secondary N) is 1. The molecule has 1 aliphatic rings. The standard InChI is InChI=1S/C23H25N7O3S/c1-13(2)30-18(20-25-14(3)28-33-20)27-21-17(22(30)32)26-23(34-21)29-11-7-10-16(29)19(31)24-12-15-8-5-4-6-9-15/h4-6,8-9,13,16H,7,10-12H2,1-3H3,(H,24,31). The van der Waals surface area contributed by atoms with Crippen LogP contribution in [0.3, 0.4) is 0 Å². The average Bonchev–Trinajstić information content (AvgIpc) is 3.56. The van der Waals surface area contributed by atoms with E-state index in [-0.39, 0.29) is 35.0 Å². The van der Waals surface area contributed by atoms with Crippen molar-refractivity contribution in [2.75, 3.05) is 11.4 Å². The quantitative estimate of drug-likeness (QED) is 0.448. The van der Waals surface area contributed by atoms with Gasteiger partial charge >= 0.3 is 0 Å².